The highest BCUT2D eigenvalue weighted by atomic mass is 16.6. The molecule has 0 aromatic heterocycles. The van der Waals surface area contributed by atoms with Gasteiger partial charge in [-0.2, -0.15) is 0 Å². The SMILES string of the molecule is C[C@]12CC[C@H]3[C@@H](CCC4=CC(=O)C=C[C@@H]43)[C@@H]1CC[C@@]21CCC(=O)O1. The van der Waals surface area contributed by atoms with Crippen molar-refractivity contribution in [2.75, 3.05) is 0 Å². The Morgan fingerprint density at radius 3 is 2.71 bits per heavy atom. The Balaban J connectivity index is 1.47. The van der Waals surface area contributed by atoms with Crippen LogP contribution in [-0.4, -0.2) is 17.4 Å². The average molecular weight is 326 g/mol. The molecule has 3 saturated carbocycles. The number of carbonyl (C=O) groups is 2. The van der Waals surface area contributed by atoms with E-state index in [-0.39, 0.29) is 22.8 Å². The maximum Gasteiger partial charge on any atom is 0.306 e. The molecular formula is C21H26O3. The fourth-order valence-electron chi connectivity index (χ4n) is 7.11. The molecule has 5 rings (SSSR count). The van der Waals surface area contributed by atoms with Crippen molar-refractivity contribution in [3.63, 3.8) is 0 Å². The van der Waals surface area contributed by atoms with Crippen LogP contribution in [0.4, 0.5) is 0 Å². The topological polar surface area (TPSA) is 43.4 Å². The van der Waals surface area contributed by atoms with E-state index < -0.39 is 0 Å². The predicted octanol–water partition coefficient (Wildman–Crippen LogP) is 3.98. The van der Waals surface area contributed by atoms with Gasteiger partial charge in [0.1, 0.15) is 5.60 Å². The maximum absolute atomic E-state index is 11.9. The molecule has 1 aliphatic heterocycles. The van der Waals surface area contributed by atoms with Crippen molar-refractivity contribution in [1.82, 2.24) is 0 Å². The summed E-state index contributed by atoms with van der Waals surface area (Å²) in [7, 11) is 0. The predicted molar refractivity (Wildman–Crippen MR) is 90.1 cm³/mol. The largest absolute Gasteiger partial charge is 0.458 e. The molecule has 0 amide bonds. The van der Waals surface area contributed by atoms with Gasteiger partial charge in [0.15, 0.2) is 5.78 Å². The van der Waals surface area contributed by atoms with Crippen molar-refractivity contribution in [3.05, 3.63) is 23.8 Å². The second-order valence-corrected chi connectivity index (χ2v) is 8.94. The first-order chi connectivity index (χ1) is 11.5. The lowest BCUT2D eigenvalue weighted by atomic mass is 9.51. The summed E-state index contributed by atoms with van der Waals surface area (Å²) in [5.41, 5.74) is 1.36. The zero-order valence-corrected chi connectivity index (χ0v) is 14.4. The van der Waals surface area contributed by atoms with Crippen molar-refractivity contribution in [3.8, 4) is 0 Å². The lowest BCUT2D eigenvalue weighted by Gasteiger charge is -2.55. The molecule has 0 aromatic carbocycles. The zero-order valence-electron chi connectivity index (χ0n) is 14.4. The third kappa shape index (κ3) is 1.79. The molecule has 128 valence electrons. The van der Waals surface area contributed by atoms with Crippen LogP contribution in [0.2, 0.25) is 0 Å². The summed E-state index contributed by atoms with van der Waals surface area (Å²) in [4.78, 5) is 23.6. The molecule has 0 radical (unpaired) electrons. The average Bonchev–Trinajstić information content (AvgIpc) is 3.08. The van der Waals surface area contributed by atoms with Crippen molar-refractivity contribution < 1.29 is 14.3 Å². The number of ether oxygens (including phenoxy) is 1. The van der Waals surface area contributed by atoms with Crippen LogP contribution in [0, 0.1) is 29.1 Å². The Labute approximate surface area is 143 Å². The van der Waals surface area contributed by atoms with Crippen LogP contribution in [0.1, 0.15) is 58.3 Å². The molecule has 6 atom stereocenters. The summed E-state index contributed by atoms with van der Waals surface area (Å²) in [6.07, 6.45) is 14.3. The highest BCUT2D eigenvalue weighted by molar-refractivity contribution is 6.00. The first-order valence-corrected chi connectivity index (χ1v) is 9.67. The van der Waals surface area contributed by atoms with Crippen LogP contribution in [0.25, 0.3) is 0 Å². The highest BCUT2D eigenvalue weighted by Crippen LogP contribution is 2.67. The Bertz CT molecular complexity index is 675. The van der Waals surface area contributed by atoms with Gasteiger partial charge in [0.25, 0.3) is 0 Å². The van der Waals surface area contributed by atoms with E-state index in [0.717, 1.165) is 31.6 Å². The van der Waals surface area contributed by atoms with Crippen LogP contribution < -0.4 is 0 Å². The molecule has 0 aromatic rings. The number of hydrogen-bond acceptors (Lipinski definition) is 3. The van der Waals surface area contributed by atoms with Gasteiger partial charge in [-0.1, -0.05) is 18.6 Å². The minimum Gasteiger partial charge on any atom is -0.458 e. The third-order valence-electron chi connectivity index (χ3n) is 8.28. The van der Waals surface area contributed by atoms with Gasteiger partial charge in [0, 0.05) is 17.8 Å². The summed E-state index contributed by atoms with van der Waals surface area (Å²) < 4.78 is 5.97. The molecule has 3 heteroatoms. The van der Waals surface area contributed by atoms with Gasteiger partial charge in [-0.25, -0.2) is 0 Å². The lowest BCUT2D eigenvalue weighted by molar-refractivity contribution is -0.165. The van der Waals surface area contributed by atoms with E-state index in [9.17, 15) is 9.59 Å². The molecule has 0 unspecified atom stereocenters. The molecule has 1 spiro atoms. The Kier molecular flexibility index (Phi) is 3.00. The Hall–Kier alpha value is -1.38. The van der Waals surface area contributed by atoms with E-state index in [0.29, 0.717) is 24.2 Å². The fourth-order valence-corrected chi connectivity index (χ4v) is 7.11. The molecule has 3 nitrogen and oxygen atoms in total. The number of hydrogen-bond donors (Lipinski definition) is 0. The van der Waals surface area contributed by atoms with E-state index in [2.05, 4.69) is 13.0 Å². The van der Waals surface area contributed by atoms with Crippen molar-refractivity contribution >= 4 is 11.8 Å². The molecule has 4 fully saturated rings. The summed E-state index contributed by atoms with van der Waals surface area (Å²) in [6.45, 7) is 2.41. The van der Waals surface area contributed by atoms with Crippen LogP contribution in [-0.2, 0) is 14.3 Å². The number of carbonyl (C=O) groups excluding carboxylic acids is 2. The molecule has 1 saturated heterocycles. The van der Waals surface area contributed by atoms with Crippen molar-refractivity contribution in [2.24, 2.45) is 29.1 Å². The second kappa shape index (κ2) is 4.83. The van der Waals surface area contributed by atoms with E-state index in [1.807, 2.05) is 6.08 Å². The van der Waals surface area contributed by atoms with Gasteiger partial charge in [0.2, 0.25) is 0 Å². The quantitative estimate of drug-likeness (QED) is 0.632. The molecule has 4 aliphatic carbocycles. The summed E-state index contributed by atoms with van der Waals surface area (Å²) in [5.74, 6) is 2.74. The minimum atomic E-state index is -0.172. The van der Waals surface area contributed by atoms with Gasteiger partial charge >= 0.3 is 5.97 Å². The van der Waals surface area contributed by atoms with Crippen LogP contribution in [0.5, 0.6) is 0 Å². The van der Waals surface area contributed by atoms with E-state index in [1.165, 1.54) is 24.8 Å². The number of allylic oxidation sites excluding steroid dienone is 4. The van der Waals surface area contributed by atoms with E-state index >= 15 is 0 Å². The summed E-state index contributed by atoms with van der Waals surface area (Å²) in [6, 6.07) is 0. The molecule has 1 heterocycles. The van der Waals surface area contributed by atoms with Crippen LogP contribution >= 0.6 is 0 Å². The number of fused-ring (bicyclic) bond motifs is 6. The smallest absolute Gasteiger partial charge is 0.306 e. The number of rotatable bonds is 0. The van der Waals surface area contributed by atoms with E-state index in [4.69, 9.17) is 4.74 Å². The normalized spacial score (nSPS) is 49.5. The Morgan fingerprint density at radius 1 is 1.04 bits per heavy atom. The molecular weight excluding hydrogens is 300 g/mol. The van der Waals surface area contributed by atoms with Gasteiger partial charge in [-0.3, -0.25) is 9.59 Å². The summed E-state index contributed by atoms with van der Waals surface area (Å²) in [5, 5.41) is 0. The number of esters is 1. The maximum atomic E-state index is 11.9. The second-order valence-electron chi connectivity index (χ2n) is 8.94. The minimum absolute atomic E-state index is 0.0154. The monoisotopic (exact) mass is 326 g/mol. The zero-order chi connectivity index (χ0) is 16.5. The van der Waals surface area contributed by atoms with E-state index in [1.54, 1.807) is 6.08 Å². The molecule has 5 aliphatic rings. The third-order valence-corrected chi connectivity index (χ3v) is 8.28. The fraction of sp³-hybridized carbons (Fsp3) is 0.714. The molecule has 24 heavy (non-hydrogen) atoms. The Morgan fingerprint density at radius 2 is 1.92 bits per heavy atom. The van der Waals surface area contributed by atoms with Crippen LogP contribution in [0.15, 0.2) is 23.8 Å². The van der Waals surface area contributed by atoms with Crippen molar-refractivity contribution in [2.45, 2.75) is 63.9 Å². The van der Waals surface area contributed by atoms with Gasteiger partial charge in [-0.15, -0.1) is 0 Å². The van der Waals surface area contributed by atoms with Gasteiger partial charge in [-0.05, 0) is 74.9 Å². The molecule has 0 N–H and O–H groups in total. The lowest BCUT2D eigenvalue weighted by Crippen LogP contribution is -2.52. The van der Waals surface area contributed by atoms with Crippen LogP contribution in [0.3, 0.4) is 0 Å². The molecule has 0 bridgehead atoms. The first-order valence-electron chi connectivity index (χ1n) is 9.67. The summed E-state index contributed by atoms with van der Waals surface area (Å²) >= 11 is 0. The van der Waals surface area contributed by atoms with Gasteiger partial charge < -0.3 is 4.74 Å². The highest BCUT2D eigenvalue weighted by Gasteiger charge is 2.65. The van der Waals surface area contributed by atoms with Crippen molar-refractivity contribution in [1.29, 1.82) is 0 Å². The first kappa shape index (κ1) is 14.9. The number of ketones is 1. The van der Waals surface area contributed by atoms with Gasteiger partial charge in [0.05, 0.1) is 0 Å². The standard InChI is InChI=1S/C21H26O3/c1-20-9-6-16-15-5-3-14(22)12-13(15)2-4-17(16)18(20)7-10-21(20)11-8-19(23)24-21/h3,5,12,15-18H,2,4,6-11H2,1H3/t15-,16+,17+,18-,20-,21+/m0/s1.